The number of rotatable bonds is 5. The van der Waals surface area contributed by atoms with Crippen molar-refractivity contribution in [2.24, 2.45) is 0 Å². The van der Waals surface area contributed by atoms with E-state index in [2.05, 4.69) is 11.9 Å². The first-order valence-electron chi connectivity index (χ1n) is 6.42. The third kappa shape index (κ3) is 2.96. The molecule has 0 spiro atoms. The predicted octanol–water partition coefficient (Wildman–Crippen LogP) is 3.31. The highest BCUT2D eigenvalue weighted by Gasteiger charge is 2.28. The molecule has 0 saturated carbocycles. The fourth-order valence-corrected chi connectivity index (χ4v) is 2.30. The predicted molar refractivity (Wildman–Crippen MR) is 73.2 cm³/mol. The van der Waals surface area contributed by atoms with E-state index in [-0.39, 0.29) is 0 Å². The number of pyridine rings is 1. The molecule has 18 heavy (non-hydrogen) atoms. The summed E-state index contributed by atoms with van der Waals surface area (Å²) in [6, 6.07) is 15.7. The van der Waals surface area contributed by atoms with Crippen LogP contribution in [0.5, 0.6) is 0 Å². The summed E-state index contributed by atoms with van der Waals surface area (Å²) in [6.07, 6.45) is 4.02. The van der Waals surface area contributed by atoms with Gasteiger partial charge in [-0.1, -0.05) is 49.7 Å². The fourth-order valence-electron chi connectivity index (χ4n) is 2.30. The molecule has 1 aromatic heterocycles. The van der Waals surface area contributed by atoms with Crippen LogP contribution in [0.3, 0.4) is 0 Å². The Labute approximate surface area is 108 Å². The summed E-state index contributed by atoms with van der Waals surface area (Å²) in [5, 5.41) is 10.9. The smallest absolute Gasteiger partial charge is 0.0951 e. The van der Waals surface area contributed by atoms with Gasteiger partial charge in [0.25, 0.3) is 0 Å². The van der Waals surface area contributed by atoms with Crippen molar-refractivity contribution in [1.82, 2.24) is 4.98 Å². The van der Waals surface area contributed by atoms with E-state index in [0.717, 1.165) is 24.1 Å². The molecule has 0 radical (unpaired) electrons. The van der Waals surface area contributed by atoms with Gasteiger partial charge < -0.3 is 5.11 Å². The quantitative estimate of drug-likeness (QED) is 0.871. The summed E-state index contributed by atoms with van der Waals surface area (Å²) >= 11 is 0. The molecule has 0 bridgehead atoms. The SMILES string of the molecule is CCCC(O)(Cc1ccccn1)c1ccccc1. The number of hydrogen-bond donors (Lipinski definition) is 1. The Bertz CT molecular complexity index is 469. The maximum Gasteiger partial charge on any atom is 0.0951 e. The van der Waals surface area contributed by atoms with Crippen LogP contribution in [0.15, 0.2) is 54.7 Å². The van der Waals surface area contributed by atoms with Crippen molar-refractivity contribution in [2.75, 3.05) is 0 Å². The average molecular weight is 241 g/mol. The minimum atomic E-state index is -0.815. The summed E-state index contributed by atoms with van der Waals surface area (Å²) < 4.78 is 0. The van der Waals surface area contributed by atoms with Gasteiger partial charge in [0.1, 0.15) is 0 Å². The summed E-state index contributed by atoms with van der Waals surface area (Å²) in [6.45, 7) is 2.09. The minimum absolute atomic E-state index is 0.561. The monoisotopic (exact) mass is 241 g/mol. The molecule has 2 aromatic rings. The summed E-state index contributed by atoms with van der Waals surface area (Å²) in [7, 11) is 0. The Balaban J connectivity index is 2.27. The first-order valence-corrected chi connectivity index (χ1v) is 6.42. The van der Waals surface area contributed by atoms with Crippen molar-refractivity contribution in [3.05, 3.63) is 66.0 Å². The van der Waals surface area contributed by atoms with Crippen molar-refractivity contribution in [3.63, 3.8) is 0 Å². The molecule has 0 saturated heterocycles. The van der Waals surface area contributed by atoms with Crippen molar-refractivity contribution >= 4 is 0 Å². The molecule has 0 amide bonds. The molecule has 1 unspecified atom stereocenters. The van der Waals surface area contributed by atoms with Crippen LogP contribution in [0.1, 0.15) is 31.0 Å². The van der Waals surface area contributed by atoms with E-state index < -0.39 is 5.60 Å². The first-order chi connectivity index (χ1) is 8.74. The van der Waals surface area contributed by atoms with Crippen LogP contribution in [0, 0.1) is 0 Å². The topological polar surface area (TPSA) is 33.1 Å². The highest BCUT2D eigenvalue weighted by molar-refractivity contribution is 5.24. The van der Waals surface area contributed by atoms with Crippen LogP contribution in [0.2, 0.25) is 0 Å². The van der Waals surface area contributed by atoms with Crippen molar-refractivity contribution in [2.45, 2.75) is 31.8 Å². The Hall–Kier alpha value is -1.67. The van der Waals surface area contributed by atoms with Crippen LogP contribution in [0.25, 0.3) is 0 Å². The molecule has 2 rings (SSSR count). The lowest BCUT2D eigenvalue weighted by Gasteiger charge is -2.28. The molecule has 1 atom stereocenters. The third-order valence-corrected chi connectivity index (χ3v) is 3.17. The maximum atomic E-state index is 10.9. The molecule has 1 heterocycles. The van der Waals surface area contributed by atoms with E-state index in [9.17, 15) is 5.11 Å². The third-order valence-electron chi connectivity index (χ3n) is 3.17. The van der Waals surface area contributed by atoms with Gasteiger partial charge in [-0.3, -0.25) is 4.98 Å². The van der Waals surface area contributed by atoms with Gasteiger partial charge in [-0.05, 0) is 24.1 Å². The molecule has 2 nitrogen and oxygen atoms in total. The van der Waals surface area contributed by atoms with Crippen molar-refractivity contribution < 1.29 is 5.11 Å². The first kappa shape index (κ1) is 12.8. The highest BCUT2D eigenvalue weighted by Crippen LogP contribution is 2.29. The standard InChI is InChI=1S/C16H19NO/c1-2-11-16(18,14-8-4-3-5-9-14)13-15-10-6-7-12-17-15/h3-10,12,18H,2,11,13H2,1H3. The summed E-state index contributed by atoms with van der Waals surface area (Å²) in [4.78, 5) is 4.31. The molecule has 0 aliphatic rings. The lowest BCUT2D eigenvalue weighted by Crippen LogP contribution is -2.28. The van der Waals surface area contributed by atoms with Crippen LogP contribution >= 0.6 is 0 Å². The molecule has 1 N–H and O–H groups in total. The molecule has 0 aliphatic heterocycles. The number of aromatic nitrogens is 1. The second kappa shape index (κ2) is 5.78. The zero-order chi connectivity index (χ0) is 12.8. The Kier molecular flexibility index (Phi) is 4.11. The number of aliphatic hydroxyl groups is 1. The van der Waals surface area contributed by atoms with Crippen LogP contribution in [-0.4, -0.2) is 10.1 Å². The number of benzene rings is 1. The van der Waals surface area contributed by atoms with E-state index in [1.165, 1.54) is 0 Å². The Morgan fingerprint density at radius 2 is 1.78 bits per heavy atom. The molecule has 94 valence electrons. The lowest BCUT2D eigenvalue weighted by molar-refractivity contribution is 0.0259. The van der Waals surface area contributed by atoms with Crippen LogP contribution in [-0.2, 0) is 12.0 Å². The van der Waals surface area contributed by atoms with E-state index in [1.54, 1.807) is 6.20 Å². The number of hydrogen-bond acceptors (Lipinski definition) is 2. The Morgan fingerprint density at radius 1 is 1.06 bits per heavy atom. The summed E-state index contributed by atoms with van der Waals surface area (Å²) in [5.41, 5.74) is 1.08. The largest absolute Gasteiger partial charge is 0.385 e. The van der Waals surface area contributed by atoms with E-state index in [1.807, 2.05) is 48.5 Å². The fraction of sp³-hybridized carbons (Fsp3) is 0.312. The minimum Gasteiger partial charge on any atom is -0.385 e. The van der Waals surface area contributed by atoms with E-state index in [4.69, 9.17) is 0 Å². The normalized spacial score (nSPS) is 14.1. The van der Waals surface area contributed by atoms with Crippen molar-refractivity contribution in [3.8, 4) is 0 Å². The zero-order valence-electron chi connectivity index (χ0n) is 10.7. The average Bonchev–Trinajstić information content (AvgIpc) is 2.41. The van der Waals surface area contributed by atoms with Crippen LogP contribution < -0.4 is 0 Å². The highest BCUT2D eigenvalue weighted by atomic mass is 16.3. The molecular weight excluding hydrogens is 222 g/mol. The zero-order valence-corrected chi connectivity index (χ0v) is 10.7. The number of nitrogens with zero attached hydrogens (tertiary/aromatic N) is 1. The molecule has 2 heteroatoms. The summed E-state index contributed by atoms with van der Waals surface area (Å²) in [5.74, 6) is 0. The van der Waals surface area contributed by atoms with Gasteiger partial charge in [0.05, 0.1) is 5.60 Å². The van der Waals surface area contributed by atoms with Gasteiger partial charge in [-0.2, -0.15) is 0 Å². The second-order valence-electron chi connectivity index (χ2n) is 4.65. The van der Waals surface area contributed by atoms with Gasteiger partial charge in [0, 0.05) is 18.3 Å². The van der Waals surface area contributed by atoms with Gasteiger partial charge in [0.2, 0.25) is 0 Å². The second-order valence-corrected chi connectivity index (χ2v) is 4.65. The lowest BCUT2D eigenvalue weighted by atomic mass is 9.85. The van der Waals surface area contributed by atoms with Gasteiger partial charge in [-0.25, -0.2) is 0 Å². The Morgan fingerprint density at radius 3 is 2.39 bits per heavy atom. The molecule has 1 aromatic carbocycles. The van der Waals surface area contributed by atoms with E-state index >= 15 is 0 Å². The molecular formula is C16H19NO. The van der Waals surface area contributed by atoms with Gasteiger partial charge in [0.15, 0.2) is 0 Å². The van der Waals surface area contributed by atoms with Gasteiger partial charge in [-0.15, -0.1) is 0 Å². The van der Waals surface area contributed by atoms with E-state index in [0.29, 0.717) is 6.42 Å². The van der Waals surface area contributed by atoms with Crippen LogP contribution in [0.4, 0.5) is 0 Å². The molecule has 0 fully saturated rings. The molecule has 0 aliphatic carbocycles. The van der Waals surface area contributed by atoms with Gasteiger partial charge >= 0.3 is 0 Å². The van der Waals surface area contributed by atoms with Crippen molar-refractivity contribution in [1.29, 1.82) is 0 Å². The maximum absolute atomic E-state index is 10.9.